The van der Waals surface area contributed by atoms with Crippen molar-refractivity contribution in [2.75, 3.05) is 48.0 Å². The predicted octanol–water partition coefficient (Wildman–Crippen LogP) is 2.08. The molecule has 2 aliphatic heterocycles. The van der Waals surface area contributed by atoms with Crippen molar-refractivity contribution < 1.29 is 28.5 Å². The first-order chi connectivity index (χ1) is 16.3. The normalized spacial score (nSPS) is 29.2. The van der Waals surface area contributed by atoms with E-state index < -0.39 is 12.0 Å². The van der Waals surface area contributed by atoms with Gasteiger partial charge in [-0.25, -0.2) is 0 Å². The molecule has 1 aromatic carbocycles. The van der Waals surface area contributed by atoms with Gasteiger partial charge in [-0.05, 0) is 31.4 Å². The lowest BCUT2D eigenvalue weighted by atomic mass is 9.98. The van der Waals surface area contributed by atoms with E-state index in [4.69, 9.17) is 18.9 Å². The highest BCUT2D eigenvalue weighted by Gasteiger charge is 2.34. The van der Waals surface area contributed by atoms with Crippen molar-refractivity contribution in [2.45, 2.75) is 50.6 Å². The number of amides is 2. The molecule has 1 fully saturated rings. The van der Waals surface area contributed by atoms with Crippen LogP contribution in [0, 0.1) is 17.2 Å². The first-order valence-corrected chi connectivity index (χ1v) is 11.7. The molecule has 0 spiro atoms. The Kier molecular flexibility index (Phi) is 8.89. The summed E-state index contributed by atoms with van der Waals surface area (Å²) in [5.41, 5.74) is 0.552. The Morgan fingerprint density at radius 3 is 2.47 bits per heavy atom. The van der Waals surface area contributed by atoms with Gasteiger partial charge in [0.25, 0.3) is 5.91 Å². The van der Waals surface area contributed by atoms with Gasteiger partial charge in [0.1, 0.15) is 24.5 Å². The lowest BCUT2D eigenvalue weighted by Crippen LogP contribution is -2.47. The molecule has 2 amide bonds. The fourth-order valence-electron chi connectivity index (χ4n) is 4.63. The molecule has 0 aromatic heterocycles. The Labute approximate surface area is 201 Å². The SMILES string of the molecule is CO[C@H]1CC[C@@H]2CCN(C)C(=O)[C@H](C)[C@@H](OC)CN(C)C(=O)c3cccc(C#N)c3OC[C@@H]1O2. The third-order valence-electron chi connectivity index (χ3n) is 6.83. The van der Waals surface area contributed by atoms with Crippen LogP contribution in [0.25, 0.3) is 0 Å². The van der Waals surface area contributed by atoms with Gasteiger partial charge < -0.3 is 28.7 Å². The van der Waals surface area contributed by atoms with Crippen molar-refractivity contribution in [2.24, 2.45) is 5.92 Å². The molecule has 34 heavy (non-hydrogen) atoms. The van der Waals surface area contributed by atoms with Crippen molar-refractivity contribution in [3.63, 3.8) is 0 Å². The van der Waals surface area contributed by atoms with Crippen LogP contribution in [-0.4, -0.2) is 94.0 Å². The predicted molar refractivity (Wildman–Crippen MR) is 125 cm³/mol. The summed E-state index contributed by atoms with van der Waals surface area (Å²) in [6.45, 7) is 2.72. The summed E-state index contributed by atoms with van der Waals surface area (Å²) >= 11 is 0. The maximum atomic E-state index is 13.4. The molecule has 1 aromatic rings. The number of fused-ring (bicyclic) bond motifs is 3. The molecule has 2 aliphatic rings. The van der Waals surface area contributed by atoms with Crippen LogP contribution in [-0.2, 0) is 19.0 Å². The summed E-state index contributed by atoms with van der Waals surface area (Å²) in [5, 5.41) is 9.66. The number of nitriles is 1. The average molecular weight is 474 g/mol. The number of likely N-dealkylation sites (N-methyl/N-ethyl adjacent to an activating group) is 1. The molecule has 2 bridgehead atoms. The van der Waals surface area contributed by atoms with Crippen LogP contribution in [0.4, 0.5) is 0 Å². The smallest absolute Gasteiger partial charge is 0.257 e. The zero-order valence-corrected chi connectivity index (χ0v) is 20.7. The minimum absolute atomic E-state index is 0.0441. The largest absolute Gasteiger partial charge is 0.489 e. The van der Waals surface area contributed by atoms with E-state index >= 15 is 0 Å². The molecular weight excluding hydrogens is 438 g/mol. The summed E-state index contributed by atoms with van der Waals surface area (Å²) in [4.78, 5) is 29.7. The second-order valence-electron chi connectivity index (χ2n) is 9.05. The Morgan fingerprint density at radius 1 is 1.06 bits per heavy atom. The van der Waals surface area contributed by atoms with Gasteiger partial charge in [-0.3, -0.25) is 9.59 Å². The van der Waals surface area contributed by atoms with Gasteiger partial charge in [0.05, 0.1) is 35.4 Å². The summed E-state index contributed by atoms with van der Waals surface area (Å²) < 4.78 is 23.6. The number of nitrogens with zero attached hydrogens (tertiary/aromatic N) is 3. The summed E-state index contributed by atoms with van der Waals surface area (Å²) in [6.07, 6.45) is 1.25. The minimum Gasteiger partial charge on any atom is -0.489 e. The molecule has 0 saturated carbocycles. The average Bonchev–Trinajstić information content (AvgIpc) is 2.86. The quantitative estimate of drug-likeness (QED) is 0.648. The highest BCUT2D eigenvalue weighted by Crippen LogP contribution is 2.29. The number of hydrogen-bond donors (Lipinski definition) is 0. The van der Waals surface area contributed by atoms with Gasteiger partial charge >= 0.3 is 0 Å². The van der Waals surface area contributed by atoms with Crippen LogP contribution >= 0.6 is 0 Å². The zero-order chi connectivity index (χ0) is 24.8. The number of para-hydroxylation sites is 1. The van der Waals surface area contributed by atoms with E-state index in [1.165, 1.54) is 12.0 Å². The fraction of sp³-hybridized carbons (Fsp3) is 0.640. The molecule has 9 nitrogen and oxygen atoms in total. The maximum absolute atomic E-state index is 13.4. The molecule has 0 N–H and O–H groups in total. The lowest BCUT2D eigenvalue weighted by molar-refractivity contribution is -0.147. The van der Waals surface area contributed by atoms with Crippen LogP contribution in [0.3, 0.4) is 0 Å². The highest BCUT2D eigenvalue weighted by atomic mass is 16.6. The maximum Gasteiger partial charge on any atom is 0.257 e. The van der Waals surface area contributed by atoms with Crippen molar-refractivity contribution >= 4 is 11.8 Å². The van der Waals surface area contributed by atoms with Crippen LogP contribution in [0.1, 0.15) is 42.1 Å². The molecule has 9 heteroatoms. The third-order valence-corrected chi connectivity index (χ3v) is 6.83. The summed E-state index contributed by atoms with van der Waals surface area (Å²) in [7, 11) is 6.61. The number of benzene rings is 1. The molecule has 3 rings (SSSR count). The number of carbonyl (C=O) groups excluding carboxylic acids is 2. The fourth-order valence-corrected chi connectivity index (χ4v) is 4.63. The molecule has 2 heterocycles. The van der Waals surface area contributed by atoms with E-state index in [2.05, 4.69) is 6.07 Å². The third kappa shape index (κ3) is 5.69. The molecular formula is C25H35N3O6. The van der Waals surface area contributed by atoms with Crippen molar-refractivity contribution in [3.05, 3.63) is 29.3 Å². The van der Waals surface area contributed by atoms with Gasteiger partial charge in [0, 0.05) is 41.4 Å². The van der Waals surface area contributed by atoms with E-state index in [9.17, 15) is 14.9 Å². The van der Waals surface area contributed by atoms with E-state index in [0.717, 1.165) is 12.8 Å². The summed E-state index contributed by atoms with van der Waals surface area (Å²) in [6, 6.07) is 7.04. The van der Waals surface area contributed by atoms with Gasteiger partial charge in [0.2, 0.25) is 5.91 Å². The van der Waals surface area contributed by atoms with Gasteiger partial charge in [-0.2, -0.15) is 5.26 Å². The summed E-state index contributed by atoms with van der Waals surface area (Å²) in [5.74, 6) is -0.582. The number of ether oxygens (including phenoxy) is 4. The number of methoxy groups -OCH3 is 2. The van der Waals surface area contributed by atoms with E-state index in [1.807, 2.05) is 6.92 Å². The molecule has 0 unspecified atom stereocenters. The Balaban J connectivity index is 1.98. The molecule has 0 radical (unpaired) electrons. The van der Waals surface area contributed by atoms with Crippen molar-refractivity contribution in [1.29, 1.82) is 5.26 Å². The van der Waals surface area contributed by atoms with E-state index in [-0.39, 0.29) is 60.2 Å². The minimum atomic E-state index is -0.488. The second kappa shape index (κ2) is 11.6. The monoisotopic (exact) mass is 473 g/mol. The number of rotatable bonds is 2. The van der Waals surface area contributed by atoms with E-state index in [0.29, 0.717) is 13.0 Å². The van der Waals surface area contributed by atoms with Crippen LogP contribution in [0.2, 0.25) is 0 Å². The topological polar surface area (TPSA) is 101 Å². The Bertz CT molecular complexity index is 916. The van der Waals surface area contributed by atoms with Crippen molar-refractivity contribution in [3.8, 4) is 11.8 Å². The second-order valence-corrected chi connectivity index (χ2v) is 9.05. The van der Waals surface area contributed by atoms with Gasteiger partial charge in [0.15, 0.2) is 0 Å². The van der Waals surface area contributed by atoms with Gasteiger partial charge in [-0.15, -0.1) is 0 Å². The first-order valence-electron chi connectivity index (χ1n) is 11.7. The van der Waals surface area contributed by atoms with Crippen molar-refractivity contribution in [1.82, 2.24) is 9.80 Å². The zero-order valence-electron chi connectivity index (χ0n) is 20.7. The molecule has 186 valence electrons. The molecule has 5 atom stereocenters. The van der Waals surface area contributed by atoms with Gasteiger partial charge in [-0.1, -0.05) is 13.0 Å². The molecule has 1 saturated heterocycles. The van der Waals surface area contributed by atoms with Crippen LogP contribution in [0.15, 0.2) is 18.2 Å². The Hall–Kier alpha value is -2.67. The Morgan fingerprint density at radius 2 is 1.79 bits per heavy atom. The highest BCUT2D eigenvalue weighted by molar-refractivity contribution is 5.97. The molecule has 0 aliphatic carbocycles. The first kappa shape index (κ1) is 25.9. The van der Waals surface area contributed by atoms with Crippen LogP contribution in [0.5, 0.6) is 5.75 Å². The van der Waals surface area contributed by atoms with Crippen LogP contribution < -0.4 is 4.74 Å². The lowest BCUT2D eigenvalue weighted by Gasteiger charge is -2.37. The van der Waals surface area contributed by atoms with E-state index in [1.54, 1.807) is 44.3 Å². The standard InChI is InChI=1S/C25H35N3O6/c1-16-21(32-5)14-28(3)25(30)19-8-6-7-17(13-26)23(19)33-15-22-20(31-4)10-9-18(34-22)11-12-27(2)24(16)29/h6-8,16,18,20-22H,9-12,14-15H2,1-5H3/t16-,18-,20+,21+,22+/m1/s1. The number of hydrogen-bond acceptors (Lipinski definition) is 7. The number of carbonyl (C=O) groups is 2.